The van der Waals surface area contributed by atoms with E-state index in [1.54, 1.807) is 0 Å². The van der Waals surface area contributed by atoms with Crippen LogP contribution in [0, 0.1) is 11.8 Å². The highest BCUT2D eigenvalue weighted by Crippen LogP contribution is 2.31. The predicted octanol–water partition coefficient (Wildman–Crippen LogP) is 5.24. The number of aryl methyl sites for hydroxylation is 1. The third-order valence-electron chi connectivity index (χ3n) is 4.82. The first-order chi connectivity index (χ1) is 9.81. The van der Waals surface area contributed by atoms with Gasteiger partial charge in [0.25, 0.3) is 0 Å². The second-order valence-electron chi connectivity index (χ2n) is 6.42. The van der Waals surface area contributed by atoms with Gasteiger partial charge < -0.3 is 4.57 Å². The molecule has 1 heterocycles. The van der Waals surface area contributed by atoms with Crippen LogP contribution in [0.5, 0.6) is 0 Å². The fourth-order valence-electron chi connectivity index (χ4n) is 3.33. The Balaban J connectivity index is 1.53. The van der Waals surface area contributed by atoms with Gasteiger partial charge in [0.05, 0.1) is 0 Å². The van der Waals surface area contributed by atoms with E-state index in [1.165, 1.54) is 49.8 Å². The molecule has 1 aliphatic carbocycles. The standard InChI is InChI=1S/C19H25N/c1-16-4-6-17(7-5-16)8-9-18-10-12-19(13-11-18)20-14-2-3-15-20/h2-3,10-17H,4-9H2,1H3. The van der Waals surface area contributed by atoms with Crippen LogP contribution in [-0.4, -0.2) is 4.57 Å². The van der Waals surface area contributed by atoms with Gasteiger partial charge >= 0.3 is 0 Å². The van der Waals surface area contributed by atoms with E-state index in [1.807, 2.05) is 0 Å². The Morgan fingerprint density at radius 2 is 1.60 bits per heavy atom. The van der Waals surface area contributed by atoms with Crippen LogP contribution in [-0.2, 0) is 6.42 Å². The second-order valence-corrected chi connectivity index (χ2v) is 6.42. The average molecular weight is 267 g/mol. The summed E-state index contributed by atoms with van der Waals surface area (Å²) < 4.78 is 2.16. The highest BCUT2D eigenvalue weighted by atomic mass is 14.9. The summed E-state index contributed by atoms with van der Waals surface area (Å²) in [6.07, 6.45) is 12.6. The van der Waals surface area contributed by atoms with Gasteiger partial charge in [-0.2, -0.15) is 0 Å². The summed E-state index contributed by atoms with van der Waals surface area (Å²) in [5.74, 6) is 1.93. The molecule has 1 nitrogen and oxygen atoms in total. The smallest absolute Gasteiger partial charge is 0.0449 e. The molecule has 0 amide bonds. The van der Waals surface area contributed by atoms with Gasteiger partial charge in [0.1, 0.15) is 0 Å². The Morgan fingerprint density at radius 3 is 2.25 bits per heavy atom. The highest BCUT2D eigenvalue weighted by Gasteiger charge is 2.17. The maximum Gasteiger partial charge on any atom is 0.0449 e. The van der Waals surface area contributed by atoms with Gasteiger partial charge in [-0.3, -0.25) is 0 Å². The van der Waals surface area contributed by atoms with Crippen molar-refractivity contribution < 1.29 is 0 Å². The lowest BCUT2D eigenvalue weighted by molar-refractivity contribution is 0.278. The number of aromatic nitrogens is 1. The molecule has 0 N–H and O–H groups in total. The molecule has 1 aliphatic rings. The average Bonchev–Trinajstić information content (AvgIpc) is 3.01. The van der Waals surface area contributed by atoms with E-state index in [0.29, 0.717) is 0 Å². The molecule has 0 unspecified atom stereocenters. The SMILES string of the molecule is CC1CCC(CCc2ccc(-n3cccc3)cc2)CC1. The van der Waals surface area contributed by atoms with Crippen molar-refractivity contribution in [3.8, 4) is 5.69 Å². The first-order valence-electron chi connectivity index (χ1n) is 8.03. The summed E-state index contributed by atoms with van der Waals surface area (Å²) in [4.78, 5) is 0. The molecular weight excluding hydrogens is 242 g/mol. The Labute approximate surface area is 122 Å². The van der Waals surface area contributed by atoms with E-state index in [9.17, 15) is 0 Å². The fraction of sp³-hybridized carbons (Fsp3) is 0.474. The second kappa shape index (κ2) is 6.30. The Hall–Kier alpha value is -1.50. The van der Waals surface area contributed by atoms with E-state index in [0.717, 1.165) is 11.8 Å². The summed E-state index contributed by atoms with van der Waals surface area (Å²) in [5, 5.41) is 0. The third-order valence-corrected chi connectivity index (χ3v) is 4.82. The summed E-state index contributed by atoms with van der Waals surface area (Å²) in [5.41, 5.74) is 2.74. The number of benzene rings is 1. The van der Waals surface area contributed by atoms with Crippen LogP contribution < -0.4 is 0 Å². The van der Waals surface area contributed by atoms with Gasteiger partial charge in [-0.25, -0.2) is 0 Å². The van der Waals surface area contributed by atoms with E-state index in [4.69, 9.17) is 0 Å². The summed E-state index contributed by atoms with van der Waals surface area (Å²) in [7, 11) is 0. The van der Waals surface area contributed by atoms with Crippen LogP contribution >= 0.6 is 0 Å². The zero-order valence-corrected chi connectivity index (χ0v) is 12.5. The Bertz CT molecular complexity index is 501. The molecule has 1 aromatic heterocycles. The number of hydrogen-bond donors (Lipinski definition) is 0. The largest absolute Gasteiger partial charge is 0.324 e. The van der Waals surface area contributed by atoms with Gasteiger partial charge in [-0.05, 0) is 54.5 Å². The van der Waals surface area contributed by atoms with E-state index in [-0.39, 0.29) is 0 Å². The summed E-state index contributed by atoms with van der Waals surface area (Å²) >= 11 is 0. The van der Waals surface area contributed by atoms with Crippen molar-refractivity contribution in [2.45, 2.75) is 45.4 Å². The molecule has 0 aliphatic heterocycles. The lowest BCUT2D eigenvalue weighted by Crippen LogP contribution is -2.12. The monoisotopic (exact) mass is 267 g/mol. The zero-order chi connectivity index (χ0) is 13.8. The molecule has 1 fully saturated rings. The summed E-state index contributed by atoms with van der Waals surface area (Å²) in [6.45, 7) is 2.40. The third kappa shape index (κ3) is 3.33. The van der Waals surface area contributed by atoms with Crippen LogP contribution in [0.25, 0.3) is 5.69 Å². The number of hydrogen-bond acceptors (Lipinski definition) is 0. The molecule has 3 rings (SSSR count). The molecule has 0 spiro atoms. The molecule has 106 valence electrons. The molecule has 1 aromatic carbocycles. The van der Waals surface area contributed by atoms with Crippen LogP contribution in [0.15, 0.2) is 48.8 Å². The predicted molar refractivity (Wildman–Crippen MR) is 85.2 cm³/mol. The molecule has 0 radical (unpaired) electrons. The van der Waals surface area contributed by atoms with Crippen molar-refractivity contribution in [3.63, 3.8) is 0 Å². The highest BCUT2D eigenvalue weighted by molar-refractivity contribution is 5.35. The Kier molecular flexibility index (Phi) is 4.25. The number of rotatable bonds is 4. The van der Waals surface area contributed by atoms with E-state index >= 15 is 0 Å². The van der Waals surface area contributed by atoms with Gasteiger partial charge in [-0.1, -0.05) is 44.7 Å². The number of nitrogens with zero attached hydrogens (tertiary/aromatic N) is 1. The molecule has 2 aromatic rings. The topological polar surface area (TPSA) is 4.93 Å². The first kappa shape index (κ1) is 13.5. The normalized spacial score (nSPS) is 22.9. The Morgan fingerprint density at radius 1 is 0.950 bits per heavy atom. The minimum atomic E-state index is 0.965. The van der Waals surface area contributed by atoms with Crippen molar-refractivity contribution in [2.24, 2.45) is 11.8 Å². The lowest BCUT2D eigenvalue weighted by Gasteiger charge is -2.26. The minimum Gasteiger partial charge on any atom is -0.324 e. The van der Waals surface area contributed by atoms with Crippen molar-refractivity contribution in [1.29, 1.82) is 0 Å². The van der Waals surface area contributed by atoms with Crippen LogP contribution in [0.3, 0.4) is 0 Å². The van der Waals surface area contributed by atoms with Gasteiger partial charge in [0.2, 0.25) is 0 Å². The molecule has 1 heteroatoms. The minimum absolute atomic E-state index is 0.965. The van der Waals surface area contributed by atoms with Crippen molar-refractivity contribution in [2.75, 3.05) is 0 Å². The van der Waals surface area contributed by atoms with Gasteiger partial charge in [0.15, 0.2) is 0 Å². The fourth-order valence-corrected chi connectivity index (χ4v) is 3.33. The maximum absolute atomic E-state index is 2.40. The quantitative estimate of drug-likeness (QED) is 0.714. The van der Waals surface area contributed by atoms with Crippen molar-refractivity contribution in [1.82, 2.24) is 4.57 Å². The van der Waals surface area contributed by atoms with Crippen molar-refractivity contribution in [3.05, 3.63) is 54.4 Å². The van der Waals surface area contributed by atoms with Gasteiger partial charge in [-0.15, -0.1) is 0 Å². The van der Waals surface area contributed by atoms with Crippen LogP contribution in [0.4, 0.5) is 0 Å². The lowest BCUT2D eigenvalue weighted by atomic mass is 9.80. The molecule has 0 saturated heterocycles. The zero-order valence-electron chi connectivity index (χ0n) is 12.5. The summed E-state index contributed by atoms with van der Waals surface area (Å²) in [6, 6.07) is 13.2. The van der Waals surface area contributed by atoms with Crippen LogP contribution in [0.2, 0.25) is 0 Å². The van der Waals surface area contributed by atoms with Crippen molar-refractivity contribution >= 4 is 0 Å². The van der Waals surface area contributed by atoms with E-state index in [2.05, 4.69) is 60.3 Å². The maximum atomic E-state index is 2.40. The van der Waals surface area contributed by atoms with Gasteiger partial charge in [0, 0.05) is 18.1 Å². The van der Waals surface area contributed by atoms with E-state index < -0.39 is 0 Å². The molecular formula is C19H25N. The molecule has 0 atom stereocenters. The van der Waals surface area contributed by atoms with Crippen LogP contribution in [0.1, 0.15) is 44.6 Å². The molecule has 0 bridgehead atoms. The first-order valence-corrected chi connectivity index (χ1v) is 8.03. The molecule has 1 saturated carbocycles. The molecule has 20 heavy (non-hydrogen) atoms.